The minimum atomic E-state index is -0.734. The highest BCUT2D eigenvalue weighted by atomic mass is 32.2. The van der Waals surface area contributed by atoms with E-state index in [1.807, 2.05) is 30.3 Å². The first-order valence-corrected chi connectivity index (χ1v) is 6.87. The van der Waals surface area contributed by atoms with Crippen LogP contribution in [0.15, 0.2) is 35.5 Å². The van der Waals surface area contributed by atoms with Crippen molar-refractivity contribution in [2.75, 3.05) is 0 Å². The van der Waals surface area contributed by atoms with Gasteiger partial charge in [0.1, 0.15) is 0 Å². The molecule has 0 radical (unpaired) electrons. The van der Waals surface area contributed by atoms with Gasteiger partial charge in [-0.2, -0.15) is 4.68 Å². The zero-order valence-corrected chi connectivity index (χ0v) is 10.8. The molecule has 6 nitrogen and oxygen atoms in total. The third-order valence-corrected chi connectivity index (χ3v) is 4.56. The quantitative estimate of drug-likeness (QED) is 0.914. The zero-order valence-electron chi connectivity index (χ0n) is 10.0. The van der Waals surface area contributed by atoms with Crippen molar-refractivity contribution in [3.63, 3.8) is 0 Å². The molecule has 0 bridgehead atoms. The highest BCUT2D eigenvalue weighted by Gasteiger charge is 2.38. The largest absolute Gasteiger partial charge is 0.481 e. The Balaban J connectivity index is 1.80. The average Bonchev–Trinajstić information content (AvgIpc) is 2.83. The number of carboxylic acid groups (broad SMARTS) is 1. The Bertz CT molecular complexity index is 586. The summed E-state index contributed by atoms with van der Waals surface area (Å²) in [6.45, 7) is 0. The molecule has 3 rings (SSSR count). The van der Waals surface area contributed by atoms with Crippen LogP contribution >= 0.6 is 11.8 Å². The van der Waals surface area contributed by atoms with Crippen LogP contribution in [-0.4, -0.2) is 36.5 Å². The van der Waals surface area contributed by atoms with Crippen molar-refractivity contribution in [3.05, 3.63) is 30.3 Å². The summed E-state index contributed by atoms with van der Waals surface area (Å²) in [5.41, 5.74) is 0.876. The molecule has 1 fully saturated rings. The summed E-state index contributed by atoms with van der Waals surface area (Å²) in [6.07, 6.45) is 1.63. The molecule has 1 N–H and O–H groups in total. The highest BCUT2D eigenvalue weighted by molar-refractivity contribution is 7.99. The Morgan fingerprint density at radius 2 is 2.11 bits per heavy atom. The predicted octanol–water partition coefficient (Wildman–Crippen LogP) is 1.62. The minimum Gasteiger partial charge on any atom is -0.481 e. The summed E-state index contributed by atoms with van der Waals surface area (Å²) < 4.78 is 1.64. The van der Waals surface area contributed by atoms with Crippen molar-refractivity contribution in [2.45, 2.75) is 23.2 Å². The number of aliphatic carboxylic acids is 1. The van der Waals surface area contributed by atoms with Gasteiger partial charge < -0.3 is 5.11 Å². The van der Waals surface area contributed by atoms with E-state index >= 15 is 0 Å². The van der Waals surface area contributed by atoms with Gasteiger partial charge in [0, 0.05) is 5.25 Å². The van der Waals surface area contributed by atoms with E-state index in [2.05, 4.69) is 15.5 Å². The normalized spacial score (nSPS) is 21.9. The Morgan fingerprint density at radius 3 is 2.74 bits per heavy atom. The van der Waals surface area contributed by atoms with Gasteiger partial charge in [-0.25, -0.2) is 0 Å². The SMILES string of the molecule is O=C(O)C1CCC1Sc1nnnn1-c1ccccc1. The molecule has 1 saturated carbocycles. The molecule has 2 aromatic rings. The number of benzene rings is 1. The zero-order chi connectivity index (χ0) is 13.2. The molecule has 2 atom stereocenters. The first-order chi connectivity index (χ1) is 9.25. The van der Waals surface area contributed by atoms with E-state index in [1.54, 1.807) is 4.68 Å². The third kappa shape index (κ3) is 2.33. The van der Waals surface area contributed by atoms with Gasteiger partial charge in [0.25, 0.3) is 0 Å². The molecule has 1 aromatic carbocycles. The Hall–Kier alpha value is -1.89. The fourth-order valence-electron chi connectivity index (χ4n) is 2.01. The van der Waals surface area contributed by atoms with Crippen LogP contribution < -0.4 is 0 Å². The first-order valence-electron chi connectivity index (χ1n) is 5.99. The lowest BCUT2D eigenvalue weighted by molar-refractivity contribution is -0.144. The van der Waals surface area contributed by atoms with Crippen molar-refractivity contribution >= 4 is 17.7 Å². The number of aromatic nitrogens is 4. The maximum Gasteiger partial charge on any atom is 0.307 e. The Kier molecular flexibility index (Phi) is 3.20. The van der Waals surface area contributed by atoms with Gasteiger partial charge in [-0.3, -0.25) is 4.79 Å². The predicted molar refractivity (Wildman–Crippen MR) is 69.2 cm³/mol. The van der Waals surface area contributed by atoms with Crippen molar-refractivity contribution in [1.29, 1.82) is 0 Å². The summed E-state index contributed by atoms with van der Waals surface area (Å²) >= 11 is 1.44. The molecule has 0 spiro atoms. The molecule has 0 aliphatic heterocycles. The third-order valence-electron chi connectivity index (χ3n) is 3.23. The molecule has 98 valence electrons. The summed E-state index contributed by atoms with van der Waals surface area (Å²) in [6, 6.07) is 9.57. The van der Waals surface area contributed by atoms with E-state index in [0.29, 0.717) is 5.16 Å². The first kappa shape index (κ1) is 12.2. The number of tetrazole rings is 1. The van der Waals surface area contributed by atoms with Crippen LogP contribution in [-0.2, 0) is 4.79 Å². The Morgan fingerprint density at radius 1 is 1.32 bits per heavy atom. The number of nitrogens with zero attached hydrogens (tertiary/aromatic N) is 4. The van der Waals surface area contributed by atoms with Crippen LogP contribution in [0.1, 0.15) is 12.8 Å². The topological polar surface area (TPSA) is 80.9 Å². The summed E-state index contributed by atoms with van der Waals surface area (Å²) in [5.74, 6) is -1.02. The second-order valence-corrected chi connectivity index (χ2v) is 5.59. The van der Waals surface area contributed by atoms with Crippen LogP contribution in [0.5, 0.6) is 0 Å². The van der Waals surface area contributed by atoms with Crippen molar-refractivity contribution in [3.8, 4) is 5.69 Å². The van der Waals surface area contributed by atoms with Gasteiger partial charge in [0.05, 0.1) is 11.6 Å². The van der Waals surface area contributed by atoms with Crippen molar-refractivity contribution < 1.29 is 9.90 Å². The number of hydrogen-bond acceptors (Lipinski definition) is 5. The van der Waals surface area contributed by atoms with E-state index < -0.39 is 5.97 Å². The fraction of sp³-hybridized carbons (Fsp3) is 0.333. The molecular weight excluding hydrogens is 264 g/mol. The summed E-state index contributed by atoms with van der Waals surface area (Å²) in [5, 5.41) is 21.4. The smallest absolute Gasteiger partial charge is 0.307 e. The van der Waals surface area contributed by atoms with Gasteiger partial charge >= 0.3 is 5.97 Å². The second-order valence-electron chi connectivity index (χ2n) is 4.39. The number of thioether (sulfide) groups is 1. The summed E-state index contributed by atoms with van der Waals surface area (Å²) in [7, 11) is 0. The molecule has 1 aliphatic rings. The van der Waals surface area contributed by atoms with Crippen LogP contribution in [0.3, 0.4) is 0 Å². The van der Waals surface area contributed by atoms with Crippen molar-refractivity contribution in [2.24, 2.45) is 5.92 Å². The second kappa shape index (κ2) is 5.00. The summed E-state index contributed by atoms with van der Waals surface area (Å²) in [4.78, 5) is 11.0. The van der Waals surface area contributed by atoms with Crippen LogP contribution in [0.2, 0.25) is 0 Å². The van der Waals surface area contributed by atoms with Gasteiger partial charge in [-0.1, -0.05) is 30.0 Å². The maximum atomic E-state index is 11.0. The lowest BCUT2D eigenvalue weighted by Gasteiger charge is -2.31. The van der Waals surface area contributed by atoms with E-state index in [4.69, 9.17) is 5.11 Å². The molecule has 1 heterocycles. The van der Waals surface area contributed by atoms with Crippen LogP contribution in [0, 0.1) is 5.92 Å². The molecule has 7 heteroatoms. The number of hydrogen-bond donors (Lipinski definition) is 1. The van der Waals surface area contributed by atoms with Crippen molar-refractivity contribution in [1.82, 2.24) is 20.2 Å². The van der Waals surface area contributed by atoms with Gasteiger partial charge in [0.15, 0.2) is 0 Å². The lowest BCUT2D eigenvalue weighted by atomic mass is 9.85. The standard InChI is InChI=1S/C12H12N4O2S/c17-11(18)9-6-7-10(9)19-12-13-14-15-16(12)8-4-2-1-3-5-8/h1-5,9-10H,6-7H2,(H,17,18). The number of carboxylic acids is 1. The lowest BCUT2D eigenvalue weighted by Crippen LogP contribution is -2.35. The molecule has 19 heavy (non-hydrogen) atoms. The van der Waals surface area contributed by atoms with E-state index in [1.165, 1.54) is 11.8 Å². The molecule has 1 aromatic heterocycles. The van der Waals surface area contributed by atoms with Gasteiger partial charge in [-0.05, 0) is 35.4 Å². The number of rotatable bonds is 4. The molecule has 0 amide bonds. The van der Waals surface area contributed by atoms with Gasteiger partial charge in [0.2, 0.25) is 5.16 Å². The van der Waals surface area contributed by atoms with E-state index in [0.717, 1.165) is 18.5 Å². The van der Waals surface area contributed by atoms with E-state index in [9.17, 15) is 4.79 Å². The number of para-hydroxylation sites is 1. The van der Waals surface area contributed by atoms with E-state index in [-0.39, 0.29) is 11.2 Å². The minimum absolute atomic E-state index is 0.0611. The Labute approximate surface area is 113 Å². The molecule has 2 unspecified atom stereocenters. The monoisotopic (exact) mass is 276 g/mol. The fourth-order valence-corrected chi connectivity index (χ4v) is 3.28. The molecular formula is C12H12N4O2S. The van der Waals surface area contributed by atoms with Crippen LogP contribution in [0.4, 0.5) is 0 Å². The highest BCUT2D eigenvalue weighted by Crippen LogP contribution is 2.40. The molecule has 0 saturated heterocycles. The van der Waals surface area contributed by atoms with Crippen LogP contribution in [0.25, 0.3) is 5.69 Å². The number of carbonyl (C=O) groups is 1. The molecule has 1 aliphatic carbocycles. The van der Waals surface area contributed by atoms with Gasteiger partial charge in [-0.15, -0.1) is 5.10 Å². The average molecular weight is 276 g/mol. The maximum absolute atomic E-state index is 11.0.